The van der Waals surface area contributed by atoms with Gasteiger partial charge in [-0.15, -0.1) is 0 Å². The summed E-state index contributed by atoms with van der Waals surface area (Å²) in [6.45, 7) is 0. The molecule has 0 heterocycles. The fourth-order valence-electron chi connectivity index (χ4n) is 1.62. The number of aryl methyl sites for hydroxylation is 1. The molecule has 0 aromatic heterocycles. The van der Waals surface area contributed by atoms with Gasteiger partial charge >= 0.3 is 13.6 Å². The molecule has 106 valence electrons. The Morgan fingerprint density at radius 2 is 2.00 bits per heavy atom. The van der Waals surface area contributed by atoms with Crippen molar-refractivity contribution in [2.24, 2.45) is 5.73 Å². The van der Waals surface area contributed by atoms with E-state index < -0.39 is 19.6 Å². The number of halogens is 1. The number of hydrogen-bond donors (Lipinski definition) is 4. The van der Waals surface area contributed by atoms with Crippen molar-refractivity contribution >= 4 is 36.2 Å². The van der Waals surface area contributed by atoms with Crippen molar-refractivity contribution < 1.29 is 24.3 Å². The lowest BCUT2D eigenvalue weighted by atomic mass is 9.99. The van der Waals surface area contributed by atoms with Crippen LogP contribution in [0.1, 0.15) is 11.1 Å². The second-order valence-electron chi connectivity index (χ2n) is 4.20. The van der Waals surface area contributed by atoms with Crippen LogP contribution >= 0.6 is 30.2 Å². The first-order valence-electron chi connectivity index (χ1n) is 5.49. The summed E-state index contributed by atoms with van der Waals surface area (Å²) in [5.74, 6) is -1.10. The third-order valence-corrected chi connectivity index (χ3v) is 4.07. The zero-order valence-electron chi connectivity index (χ0n) is 9.99. The molecule has 1 rings (SSSR count). The van der Waals surface area contributed by atoms with Crippen molar-refractivity contribution in [2.75, 3.05) is 6.16 Å². The Hall–Kier alpha value is -0.470. The highest BCUT2D eigenvalue weighted by Gasteiger charge is 2.17. The van der Waals surface area contributed by atoms with Gasteiger partial charge in [0.25, 0.3) is 0 Å². The number of carboxylic acids is 1. The van der Waals surface area contributed by atoms with Crippen molar-refractivity contribution in [1.82, 2.24) is 0 Å². The van der Waals surface area contributed by atoms with Crippen LogP contribution in [-0.4, -0.2) is 33.1 Å². The molecule has 0 saturated heterocycles. The molecule has 1 aromatic rings. The highest BCUT2D eigenvalue weighted by atomic mass is 127. The van der Waals surface area contributed by atoms with E-state index in [1.54, 1.807) is 12.1 Å². The molecule has 0 bridgehead atoms. The molecule has 0 spiro atoms. The molecule has 0 saturated carbocycles. The number of benzene rings is 1. The average molecular weight is 399 g/mol. The Morgan fingerprint density at radius 1 is 1.37 bits per heavy atom. The molecule has 19 heavy (non-hydrogen) atoms. The number of aliphatic carboxylic acids is 1. The van der Waals surface area contributed by atoms with Crippen molar-refractivity contribution in [2.45, 2.75) is 18.9 Å². The van der Waals surface area contributed by atoms with E-state index in [0.717, 1.165) is 14.7 Å². The summed E-state index contributed by atoms with van der Waals surface area (Å²) < 4.78 is 11.8. The summed E-state index contributed by atoms with van der Waals surface area (Å²) in [6.07, 6.45) is 0.0778. The molecule has 1 aromatic carbocycles. The second-order valence-corrected chi connectivity index (χ2v) is 7.22. The highest BCUT2D eigenvalue weighted by Crippen LogP contribution is 2.35. The van der Waals surface area contributed by atoms with E-state index in [0.29, 0.717) is 0 Å². The van der Waals surface area contributed by atoms with Gasteiger partial charge in [-0.3, -0.25) is 9.36 Å². The van der Waals surface area contributed by atoms with Gasteiger partial charge in [0.1, 0.15) is 6.04 Å². The van der Waals surface area contributed by atoms with E-state index in [9.17, 15) is 9.36 Å². The third-order valence-electron chi connectivity index (χ3n) is 2.60. The maximum Gasteiger partial charge on any atom is 0.325 e. The van der Waals surface area contributed by atoms with E-state index in [1.807, 2.05) is 6.07 Å². The van der Waals surface area contributed by atoms with E-state index in [-0.39, 0.29) is 19.0 Å². The first-order chi connectivity index (χ1) is 8.69. The summed E-state index contributed by atoms with van der Waals surface area (Å²) in [7, 11) is -4.07. The fourth-order valence-corrected chi connectivity index (χ4v) is 2.71. The maximum absolute atomic E-state index is 10.9. The van der Waals surface area contributed by atoms with Crippen LogP contribution < -0.4 is 5.73 Å². The van der Waals surface area contributed by atoms with Crippen LogP contribution in [0.4, 0.5) is 0 Å². The summed E-state index contributed by atoms with van der Waals surface area (Å²) >= 11 is 2.09. The summed E-state index contributed by atoms with van der Waals surface area (Å²) in [4.78, 5) is 28.5. The molecule has 1 atom stereocenters. The fraction of sp³-hybridized carbons (Fsp3) is 0.364. The lowest BCUT2D eigenvalue weighted by molar-refractivity contribution is -0.138. The number of carbonyl (C=O) groups is 1. The van der Waals surface area contributed by atoms with Crippen LogP contribution in [-0.2, 0) is 22.2 Å². The predicted molar refractivity (Wildman–Crippen MR) is 79.1 cm³/mol. The third kappa shape index (κ3) is 6.01. The number of nitrogens with two attached hydrogens (primary N) is 1. The van der Waals surface area contributed by atoms with E-state index >= 15 is 0 Å². The van der Waals surface area contributed by atoms with Gasteiger partial charge in [0.05, 0.1) is 6.16 Å². The molecule has 0 aliphatic carbocycles. The van der Waals surface area contributed by atoms with Crippen LogP contribution in [0.2, 0.25) is 0 Å². The molecule has 0 aliphatic rings. The van der Waals surface area contributed by atoms with Crippen LogP contribution in [0.25, 0.3) is 0 Å². The highest BCUT2D eigenvalue weighted by molar-refractivity contribution is 14.1. The second kappa shape index (κ2) is 6.81. The van der Waals surface area contributed by atoms with Crippen molar-refractivity contribution in [3.8, 4) is 0 Å². The average Bonchev–Trinajstić information content (AvgIpc) is 2.26. The SMILES string of the molecule is N[C@@H](Cc1cc(I)ccc1CCP(=O)(O)O)C(=O)O. The molecule has 5 N–H and O–H groups in total. The quantitative estimate of drug-likeness (QED) is 0.418. The smallest absolute Gasteiger partial charge is 0.325 e. The molecule has 0 aliphatic heterocycles. The van der Waals surface area contributed by atoms with Crippen LogP contribution in [0.3, 0.4) is 0 Å². The van der Waals surface area contributed by atoms with Gasteiger partial charge in [0.2, 0.25) is 0 Å². The summed E-state index contributed by atoms with van der Waals surface area (Å²) in [5.41, 5.74) is 6.93. The van der Waals surface area contributed by atoms with Gasteiger partial charge in [-0.05, 0) is 58.7 Å². The van der Waals surface area contributed by atoms with Gasteiger partial charge in [0.15, 0.2) is 0 Å². The lowest BCUT2D eigenvalue weighted by Crippen LogP contribution is -2.32. The first-order valence-corrected chi connectivity index (χ1v) is 8.37. The van der Waals surface area contributed by atoms with Crippen LogP contribution in [0.5, 0.6) is 0 Å². The molecule has 0 amide bonds. The largest absolute Gasteiger partial charge is 0.480 e. The van der Waals surface area contributed by atoms with E-state index in [1.165, 1.54) is 0 Å². The van der Waals surface area contributed by atoms with Crippen molar-refractivity contribution in [1.29, 1.82) is 0 Å². The normalized spacial score (nSPS) is 13.3. The molecule has 0 unspecified atom stereocenters. The monoisotopic (exact) mass is 399 g/mol. The molecular weight excluding hydrogens is 384 g/mol. The Balaban J connectivity index is 2.91. The van der Waals surface area contributed by atoms with Crippen molar-refractivity contribution in [3.63, 3.8) is 0 Å². The van der Waals surface area contributed by atoms with Gasteiger partial charge in [-0.1, -0.05) is 6.07 Å². The Kier molecular flexibility index (Phi) is 5.94. The Labute approximate surface area is 124 Å². The van der Waals surface area contributed by atoms with Crippen LogP contribution in [0.15, 0.2) is 18.2 Å². The molecule has 0 radical (unpaired) electrons. The number of rotatable bonds is 6. The number of hydrogen-bond acceptors (Lipinski definition) is 3. The first kappa shape index (κ1) is 16.6. The molecule has 0 fully saturated rings. The molecule has 8 heteroatoms. The summed E-state index contributed by atoms with van der Waals surface area (Å²) in [5, 5.41) is 8.81. The minimum atomic E-state index is -4.07. The minimum absolute atomic E-state index is 0.142. The van der Waals surface area contributed by atoms with E-state index in [2.05, 4.69) is 22.6 Å². The maximum atomic E-state index is 10.9. The Morgan fingerprint density at radius 3 is 2.53 bits per heavy atom. The van der Waals surface area contributed by atoms with Gasteiger partial charge < -0.3 is 20.6 Å². The van der Waals surface area contributed by atoms with E-state index in [4.69, 9.17) is 20.6 Å². The minimum Gasteiger partial charge on any atom is -0.480 e. The zero-order valence-corrected chi connectivity index (χ0v) is 13.0. The van der Waals surface area contributed by atoms with Gasteiger partial charge in [-0.2, -0.15) is 0 Å². The lowest BCUT2D eigenvalue weighted by Gasteiger charge is -2.13. The number of carboxylic acid groups (broad SMARTS) is 1. The predicted octanol–water partition coefficient (Wildman–Crippen LogP) is 0.966. The Bertz CT molecular complexity index is 516. The topological polar surface area (TPSA) is 121 Å². The molecular formula is C11H15INO5P. The van der Waals surface area contributed by atoms with Gasteiger partial charge in [0, 0.05) is 3.57 Å². The van der Waals surface area contributed by atoms with Crippen LogP contribution in [0, 0.1) is 3.57 Å². The standard InChI is InChI=1S/C11H15INO5P/c12-9-2-1-7(3-4-19(16,17)18)8(5-9)6-10(13)11(14)15/h1-2,5,10H,3-4,6,13H2,(H,14,15)(H2,16,17,18)/t10-/m0/s1. The zero-order chi connectivity index (χ0) is 14.6. The summed E-state index contributed by atoms with van der Waals surface area (Å²) in [6, 6.07) is 4.33. The van der Waals surface area contributed by atoms with Crippen molar-refractivity contribution in [3.05, 3.63) is 32.9 Å². The molecule has 6 nitrogen and oxygen atoms in total. The van der Waals surface area contributed by atoms with Gasteiger partial charge in [-0.25, -0.2) is 0 Å².